The Balaban J connectivity index is 2.12. The normalized spacial score (nSPS) is 30.2. The molecule has 0 bridgehead atoms. The van der Waals surface area contributed by atoms with Crippen LogP contribution in [-0.4, -0.2) is 13.1 Å². The Bertz CT molecular complexity index is 132. The van der Waals surface area contributed by atoms with Gasteiger partial charge in [0.05, 0.1) is 0 Å². The third-order valence-corrected chi connectivity index (χ3v) is 3.96. The minimum atomic E-state index is 0.759. The second kappa shape index (κ2) is 6.44. The van der Waals surface area contributed by atoms with Crippen LogP contribution in [0.25, 0.3) is 0 Å². The number of rotatable bonds is 5. The maximum Gasteiger partial charge on any atom is 0.00615 e. The highest BCUT2D eigenvalue weighted by atomic mass is 14.9. The first-order valence-corrected chi connectivity index (χ1v) is 6.43. The van der Waals surface area contributed by atoms with Crippen molar-refractivity contribution in [2.75, 3.05) is 7.05 Å². The van der Waals surface area contributed by atoms with Crippen LogP contribution < -0.4 is 5.32 Å². The Hall–Kier alpha value is -0.0400. The Kier molecular flexibility index (Phi) is 5.54. The number of nitrogens with one attached hydrogen (secondary N) is 1. The van der Waals surface area contributed by atoms with Crippen molar-refractivity contribution in [1.29, 1.82) is 0 Å². The third kappa shape index (κ3) is 4.00. The molecule has 1 fully saturated rings. The average Bonchev–Trinajstić information content (AvgIpc) is 2.22. The highest BCUT2D eigenvalue weighted by Crippen LogP contribution is 2.31. The maximum absolute atomic E-state index is 3.40. The SMILES string of the molecule is CCC(CCC1CCC(C)CC1)NC. The van der Waals surface area contributed by atoms with Gasteiger partial charge in [0.15, 0.2) is 0 Å². The van der Waals surface area contributed by atoms with Crippen molar-refractivity contribution in [1.82, 2.24) is 5.32 Å². The minimum absolute atomic E-state index is 0.759. The van der Waals surface area contributed by atoms with Crippen LogP contribution in [0.3, 0.4) is 0 Å². The van der Waals surface area contributed by atoms with Gasteiger partial charge in [0.2, 0.25) is 0 Å². The zero-order valence-corrected chi connectivity index (χ0v) is 10.2. The van der Waals surface area contributed by atoms with Gasteiger partial charge in [-0.05, 0) is 38.1 Å². The van der Waals surface area contributed by atoms with E-state index in [0.717, 1.165) is 17.9 Å². The zero-order chi connectivity index (χ0) is 10.4. The fourth-order valence-corrected chi connectivity index (χ4v) is 2.61. The Morgan fingerprint density at radius 3 is 2.36 bits per heavy atom. The molecule has 0 saturated heterocycles. The molecule has 1 heteroatoms. The lowest BCUT2D eigenvalue weighted by Gasteiger charge is -2.27. The molecular formula is C13H27N. The lowest BCUT2D eigenvalue weighted by atomic mass is 9.80. The molecule has 0 radical (unpaired) electrons. The van der Waals surface area contributed by atoms with Gasteiger partial charge in [-0.3, -0.25) is 0 Å². The lowest BCUT2D eigenvalue weighted by Crippen LogP contribution is -2.25. The van der Waals surface area contributed by atoms with Gasteiger partial charge in [0.1, 0.15) is 0 Å². The quantitative estimate of drug-likeness (QED) is 0.710. The molecule has 1 unspecified atom stereocenters. The molecule has 1 atom stereocenters. The van der Waals surface area contributed by atoms with E-state index in [9.17, 15) is 0 Å². The van der Waals surface area contributed by atoms with Gasteiger partial charge < -0.3 is 5.32 Å². The molecule has 84 valence electrons. The van der Waals surface area contributed by atoms with E-state index in [0.29, 0.717) is 0 Å². The molecule has 1 saturated carbocycles. The monoisotopic (exact) mass is 197 g/mol. The summed E-state index contributed by atoms with van der Waals surface area (Å²) in [5.41, 5.74) is 0. The first-order chi connectivity index (χ1) is 6.76. The molecule has 0 aliphatic heterocycles. The second-order valence-electron chi connectivity index (χ2n) is 5.10. The van der Waals surface area contributed by atoms with Crippen LogP contribution in [0.5, 0.6) is 0 Å². The van der Waals surface area contributed by atoms with Crippen molar-refractivity contribution in [2.24, 2.45) is 11.8 Å². The van der Waals surface area contributed by atoms with E-state index in [1.165, 1.54) is 44.9 Å². The van der Waals surface area contributed by atoms with Crippen LogP contribution in [0.1, 0.15) is 58.8 Å². The summed E-state index contributed by atoms with van der Waals surface area (Å²) < 4.78 is 0. The van der Waals surface area contributed by atoms with Gasteiger partial charge in [-0.25, -0.2) is 0 Å². The molecule has 0 heterocycles. The van der Waals surface area contributed by atoms with Gasteiger partial charge >= 0.3 is 0 Å². The van der Waals surface area contributed by atoms with E-state index in [-0.39, 0.29) is 0 Å². The van der Waals surface area contributed by atoms with Crippen LogP contribution in [-0.2, 0) is 0 Å². The summed E-state index contributed by atoms with van der Waals surface area (Å²) in [6.07, 6.45) is 10.0. The molecule has 1 nitrogen and oxygen atoms in total. The molecule has 14 heavy (non-hydrogen) atoms. The summed E-state index contributed by atoms with van der Waals surface area (Å²) in [7, 11) is 2.09. The van der Waals surface area contributed by atoms with Crippen LogP contribution >= 0.6 is 0 Å². The van der Waals surface area contributed by atoms with Crippen LogP contribution in [0, 0.1) is 11.8 Å². The van der Waals surface area contributed by atoms with Gasteiger partial charge in [-0.15, -0.1) is 0 Å². The molecule has 1 N–H and O–H groups in total. The standard InChI is InChI=1S/C13H27N/c1-4-13(14-3)10-9-12-7-5-11(2)6-8-12/h11-14H,4-10H2,1-3H3. The lowest BCUT2D eigenvalue weighted by molar-refractivity contribution is 0.264. The summed E-state index contributed by atoms with van der Waals surface area (Å²) >= 11 is 0. The fourth-order valence-electron chi connectivity index (χ4n) is 2.61. The van der Waals surface area contributed by atoms with E-state index >= 15 is 0 Å². The Labute approximate surface area is 89.7 Å². The van der Waals surface area contributed by atoms with Gasteiger partial charge in [-0.2, -0.15) is 0 Å². The smallest absolute Gasteiger partial charge is 0.00615 e. The van der Waals surface area contributed by atoms with Crippen molar-refractivity contribution in [3.63, 3.8) is 0 Å². The summed E-state index contributed by atoms with van der Waals surface area (Å²) in [6.45, 7) is 4.68. The third-order valence-electron chi connectivity index (χ3n) is 3.96. The van der Waals surface area contributed by atoms with Crippen molar-refractivity contribution in [3.8, 4) is 0 Å². The predicted molar refractivity (Wildman–Crippen MR) is 63.5 cm³/mol. The molecule has 0 aromatic rings. The van der Waals surface area contributed by atoms with Crippen LogP contribution in [0.4, 0.5) is 0 Å². The van der Waals surface area contributed by atoms with Crippen molar-refractivity contribution in [2.45, 2.75) is 64.8 Å². The molecule has 1 rings (SSSR count). The second-order valence-corrected chi connectivity index (χ2v) is 5.10. The summed E-state index contributed by atoms with van der Waals surface area (Å²) in [5.74, 6) is 2.03. The van der Waals surface area contributed by atoms with E-state index in [1.807, 2.05) is 0 Å². The maximum atomic E-state index is 3.40. The number of hydrogen-bond donors (Lipinski definition) is 1. The average molecular weight is 197 g/mol. The van der Waals surface area contributed by atoms with Crippen LogP contribution in [0.2, 0.25) is 0 Å². The molecule has 0 aromatic heterocycles. The van der Waals surface area contributed by atoms with E-state index in [2.05, 4.69) is 26.2 Å². The van der Waals surface area contributed by atoms with Crippen molar-refractivity contribution in [3.05, 3.63) is 0 Å². The first kappa shape index (κ1) is 12.0. The predicted octanol–water partition coefficient (Wildman–Crippen LogP) is 3.59. The summed E-state index contributed by atoms with van der Waals surface area (Å²) in [6, 6.07) is 0.759. The van der Waals surface area contributed by atoms with Crippen LogP contribution in [0.15, 0.2) is 0 Å². The van der Waals surface area contributed by atoms with E-state index in [4.69, 9.17) is 0 Å². The highest BCUT2D eigenvalue weighted by Gasteiger charge is 2.18. The minimum Gasteiger partial charge on any atom is -0.317 e. The van der Waals surface area contributed by atoms with Crippen molar-refractivity contribution < 1.29 is 0 Å². The molecule has 1 aliphatic rings. The van der Waals surface area contributed by atoms with Gasteiger partial charge in [0.25, 0.3) is 0 Å². The van der Waals surface area contributed by atoms with Crippen molar-refractivity contribution >= 4 is 0 Å². The Morgan fingerprint density at radius 2 is 1.86 bits per heavy atom. The molecule has 0 spiro atoms. The molecule has 0 amide bonds. The molecule has 0 aromatic carbocycles. The van der Waals surface area contributed by atoms with Gasteiger partial charge in [-0.1, -0.05) is 39.5 Å². The zero-order valence-electron chi connectivity index (χ0n) is 10.2. The number of hydrogen-bond acceptors (Lipinski definition) is 1. The first-order valence-electron chi connectivity index (χ1n) is 6.43. The highest BCUT2D eigenvalue weighted by molar-refractivity contribution is 4.72. The Morgan fingerprint density at radius 1 is 1.21 bits per heavy atom. The summed E-state index contributed by atoms with van der Waals surface area (Å²) in [5, 5.41) is 3.40. The van der Waals surface area contributed by atoms with Gasteiger partial charge in [0, 0.05) is 6.04 Å². The fraction of sp³-hybridized carbons (Fsp3) is 1.00. The summed E-state index contributed by atoms with van der Waals surface area (Å²) in [4.78, 5) is 0. The van der Waals surface area contributed by atoms with E-state index < -0.39 is 0 Å². The molecule has 1 aliphatic carbocycles. The van der Waals surface area contributed by atoms with E-state index in [1.54, 1.807) is 0 Å². The molecular weight excluding hydrogens is 170 g/mol. The topological polar surface area (TPSA) is 12.0 Å². The largest absolute Gasteiger partial charge is 0.317 e.